The fourth-order valence-corrected chi connectivity index (χ4v) is 3.04. The minimum absolute atomic E-state index is 0.0562. The third-order valence-corrected chi connectivity index (χ3v) is 4.43. The van der Waals surface area contributed by atoms with Crippen molar-refractivity contribution in [2.75, 3.05) is 11.1 Å². The molecule has 6 heteroatoms. The van der Waals surface area contributed by atoms with E-state index in [9.17, 15) is 9.59 Å². The number of carbonyl (C=O) groups excluding carboxylic acids is 1. The number of hydrogen-bond acceptors (Lipinski definition) is 3. The van der Waals surface area contributed by atoms with E-state index >= 15 is 0 Å². The number of H-pyrrole nitrogens is 2. The molecule has 1 amide bonds. The second-order valence-corrected chi connectivity index (χ2v) is 6.35. The van der Waals surface area contributed by atoms with Crippen LogP contribution in [0.1, 0.15) is 11.1 Å². The molecule has 0 saturated carbocycles. The van der Waals surface area contributed by atoms with Gasteiger partial charge in [0.25, 0.3) is 0 Å². The van der Waals surface area contributed by atoms with E-state index in [2.05, 4.69) is 46.5 Å². The first-order valence-electron chi connectivity index (χ1n) is 7.25. The zero-order chi connectivity index (χ0) is 16.2. The summed E-state index contributed by atoms with van der Waals surface area (Å²) in [6.07, 6.45) is 0. The number of fused-ring (bicyclic) bond motifs is 1. The second-order valence-electron chi connectivity index (χ2n) is 5.37. The average Bonchev–Trinajstić information content (AvgIpc) is 2.88. The fraction of sp³-hybridized carbons (Fsp3) is 0.176. The van der Waals surface area contributed by atoms with Crippen LogP contribution in [-0.4, -0.2) is 21.6 Å². The third kappa shape index (κ3) is 4.04. The molecule has 0 aliphatic heterocycles. The molecule has 0 aliphatic rings. The van der Waals surface area contributed by atoms with Crippen molar-refractivity contribution in [3.05, 3.63) is 64.1 Å². The standard InChI is InChI=1S/C17H17N3O2S/c1-11-2-4-12(5-3-11)9-23-10-16(21)18-13-6-7-14-15(8-13)20-17(22)19-14/h2-8H,9-10H2,1H3,(H,18,21)(H2,19,20,22). The van der Waals surface area contributed by atoms with Crippen LogP contribution >= 0.6 is 11.8 Å². The summed E-state index contributed by atoms with van der Waals surface area (Å²) in [4.78, 5) is 28.5. The number of aromatic amines is 2. The lowest BCUT2D eigenvalue weighted by molar-refractivity contribution is -0.113. The Labute approximate surface area is 137 Å². The number of aryl methyl sites for hydroxylation is 1. The number of amides is 1. The van der Waals surface area contributed by atoms with Crippen LogP contribution in [0.2, 0.25) is 0 Å². The minimum Gasteiger partial charge on any atom is -0.325 e. The highest BCUT2D eigenvalue weighted by molar-refractivity contribution is 7.99. The lowest BCUT2D eigenvalue weighted by Crippen LogP contribution is -2.14. The number of aromatic nitrogens is 2. The first-order valence-corrected chi connectivity index (χ1v) is 8.41. The number of imidazole rings is 1. The van der Waals surface area contributed by atoms with E-state index in [1.54, 1.807) is 30.0 Å². The predicted molar refractivity (Wildman–Crippen MR) is 94.9 cm³/mol. The highest BCUT2D eigenvalue weighted by Crippen LogP contribution is 2.16. The molecule has 1 heterocycles. The predicted octanol–water partition coefficient (Wildman–Crippen LogP) is 3.04. The Kier molecular flexibility index (Phi) is 4.52. The van der Waals surface area contributed by atoms with E-state index in [1.165, 1.54) is 11.1 Å². The maximum Gasteiger partial charge on any atom is 0.323 e. The molecule has 0 saturated heterocycles. The Hall–Kier alpha value is -2.47. The Bertz CT molecular complexity index is 881. The fourth-order valence-electron chi connectivity index (χ4n) is 2.25. The van der Waals surface area contributed by atoms with Gasteiger partial charge < -0.3 is 15.3 Å². The van der Waals surface area contributed by atoms with Gasteiger partial charge in [0.1, 0.15) is 0 Å². The van der Waals surface area contributed by atoms with Crippen molar-refractivity contribution in [1.29, 1.82) is 0 Å². The van der Waals surface area contributed by atoms with Crippen LogP contribution < -0.4 is 11.0 Å². The molecule has 5 nitrogen and oxygen atoms in total. The zero-order valence-corrected chi connectivity index (χ0v) is 13.5. The van der Waals surface area contributed by atoms with Gasteiger partial charge in [-0.15, -0.1) is 11.8 Å². The normalized spacial score (nSPS) is 10.8. The van der Waals surface area contributed by atoms with E-state index in [0.29, 0.717) is 17.0 Å². The van der Waals surface area contributed by atoms with Crippen molar-refractivity contribution in [3.8, 4) is 0 Å². The zero-order valence-electron chi connectivity index (χ0n) is 12.7. The van der Waals surface area contributed by atoms with Crippen LogP contribution in [0.15, 0.2) is 47.3 Å². The second kappa shape index (κ2) is 6.75. The van der Waals surface area contributed by atoms with Gasteiger partial charge in [-0.3, -0.25) is 4.79 Å². The number of thioether (sulfide) groups is 1. The van der Waals surface area contributed by atoms with Gasteiger partial charge in [0.2, 0.25) is 5.91 Å². The summed E-state index contributed by atoms with van der Waals surface area (Å²) in [6.45, 7) is 2.05. The smallest absolute Gasteiger partial charge is 0.323 e. The van der Waals surface area contributed by atoms with Gasteiger partial charge in [-0.05, 0) is 30.7 Å². The molecule has 1 aromatic heterocycles. The average molecular weight is 327 g/mol. The molecule has 0 atom stereocenters. The summed E-state index contributed by atoms with van der Waals surface area (Å²) in [5.74, 6) is 1.13. The molecule has 0 unspecified atom stereocenters. The van der Waals surface area contributed by atoms with Crippen molar-refractivity contribution in [3.63, 3.8) is 0 Å². The molecule has 23 heavy (non-hydrogen) atoms. The van der Waals surface area contributed by atoms with Gasteiger partial charge in [-0.1, -0.05) is 29.8 Å². The van der Waals surface area contributed by atoms with Crippen LogP contribution in [0.5, 0.6) is 0 Å². The molecule has 118 valence electrons. The summed E-state index contributed by atoms with van der Waals surface area (Å²) >= 11 is 1.57. The molecule has 3 rings (SSSR count). The van der Waals surface area contributed by atoms with Gasteiger partial charge in [-0.2, -0.15) is 0 Å². The van der Waals surface area contributed by atoms with Gasteiger partial charge in [-0.25, -0.2) is 4.79 Å². The highest BCUT2D eigenvalue weighted by atomic mass is 32.2. The number of nitrogens with one attached hydrogen (secondary N) is 3. The molecule has 0 spiro atoms. The Morgan fingerprint density at radius 2 is 1.83 bits per heavy atom. The molecule has 0 fully saturated rings. The number of benzene rings is 2. The van der Waals surface area contributed by atoms with Crippen LogP contribution in [0.25, 0.3) is 11.0 Å². The molecular formula is C17H17N3O2S. The lowest BCUT2D eigenvalue weighted by atomic mass is 10.2. The van der Waals surface area contributed by atoms with E-state index in [-0.39, 0.29) is 11.6 Å². The van der Waals surface area contributed by atoms with Crippen LogP contribution in [0.3, 0.4) is 0 Å². The summed E-state index contributed by atoms with van der Waals surface area (Å²) < 4.78 is 0. The first-order chi connectivity index (χ1) is 11.1. The van der Waals surface area contributed by atoms with Gasteiger partial charge in [0, 0.05) is 11.4 Å². The summed E-state index contributed by atoms with van der Waals surface area (Å²) in [7, 11) is 0. The highest BCUT2D eigenvalue weighted by Gasteiger charge is 2.05. The van der Waals surface area contributed by atoms with Crippen LogP contribution in [-0.2, 0) is 10.5 Å². The summed E-state index contributed by atoms with van der Waals surface area (Å²) in [5.41, 5.74) is 4.27. The summed E-state index contributed by atoms with van der Waals surface area (Å²) in [6, 6.07) is 13.6. The maximum atomic E-state index is 12.0. The number of rotatable bonds is 5. The quantitative estimate of drug-likeness (QED) is 0.674. The van der Waals surface area contributed by atoms with Gasteiger partial charge >= 0.3 is 5.69 Å². The molecular weight excluding hydrogens is 310 g/mol. The van der Waals surface area contributed by atoms with E-state index < -0.39 is 0 Å². The largest absolute Gasteiger partial charge is 0.325 e. The number of anilines is 1. The van der Waals surface area contributed by atoms with Crippen molar-refractivity contribution < 1.29 is 4.79 Å². The van der Waals surface area contributed by atoms with E-state index in [0.717, 1.165) is 11.3 Å². The van der Waals surface area contributed by atoms with E-state index in [1.807, 2.05) is 0 Å². The minimum atomic E-state index is -0.253. The summed E-state index contributed by atoms with van der Waals surface area (Å²) in [5, 5.41) is 2.84. The van der Waals surface area contributed by atoms with E-state index in [4.69, 9.17) is 0 Å². The maximum absolute atomic E-state index is 12.0. The molecule has 2 aromatic carbocycles. The van der Waals surface area contributed by atoms with Crippen LogP contribution in [0.4, 0.5) is 5.69 Å². The van der Waals surface area contributed by atoms with Crippen LogP contribution in [0, 0.1) is 6.92 Å². The Morgan fingerprint density at radius 1 is 1.09 bits per heavy atom. The van der Waals surface area contributed by atoms with Crippen molar-refractivity contribution in [2.45, 2.75) is 12.7 Å². The molecule has 3 N–H and O–H groups in total. The van der Waals surface area contributed by atoms with Gasteiger partial charge in [0.15, 0.2) is 0 Å². The molecule has 0 aliphatic carbocycles. The van der Waals surface area contributed by atoms with Crippen molar-refractivity contribution in [2.24, 2.45) is 0 Å². The van der Waals surface area contributed by atoms with Crippen molar-refractivity contribution >= 4 is 34.4 Å². The number of carbonyl (C=O) groups is 1. The monoisotopic (exact) mass is 327 g/mol. The first kappa shape index (κ1) is 15.4. The molecule has 3 aromatic rings. The lowest BCUT2D eigenvalue weighted by Gasteiger charge is -2.05. The van der Waals surface area contributed by atoms with Crippen molar-refractivity contribution in [1.82, 2.24) is 9.97 Å². The third-order valence-electron chi connectivity index (χ3n) is 3.42. The topological polar surface area (TPSA) is 77.8 Å². The SMILES string of the molecule is Cc1ccc(CSCC(=O)Nc2ccc3[nH]c(=O)[nH]c3c2)cc1. The van der Waals surface area contributed by atoms with Gasteiger partial charge in [0.05, 0.1) is 16.8 Å². The Balaban J connectivity index is 1.53. The molecule has 0 radical (unpaired) electrons. The Morgan fingerprint density at radius 3 is 2.61 bits per heavy atom. The molecule has 0 bridgehead atoms. The number of hydrogen-bond donors (Lipinski definition) is 3.